The van der Waals surface area contributed by atoms with Gasteiger partial charge in [-0.3, -0.25) is 4.79 Å². The molecule has 2 aromatic rings. The first-order valence-electron chi connectivity index (χ1n) is 7.69. The van der Waals surface area contributed by atoms with E-state index < -0.39 is 28.3 Å². The van der Waals surface area contributed by atoms with Crippen LogP contribution in [0.5, 0.6) is 0 Å². The van der Waals surface area contributed by atoms with Crippen LogP contribution in [-0.4, -0.2) is 33.2 Å². The Hall–Kier alpha value is -2.38. The number of halogens is 1. The number of rotatable bonds is 6. The second kappa shape index (κ2) is 8.33. The van der Waals surface area contributed by atoms with E-state index in [0.717, 1.165) is 11.8 Å². The van der Waals surface area contributed by atoms with Crippen LogP contribution in [0.2, 0.25) is 5.02 Å². The molecule has 0 aliphatic rings. The van der Waals surface area contributed by atoms with Crippen molar-refractivity contribution in [3.8, 4) is 0 Å². The molecule has 0 fully saturated rings. The molecule has 1 unspecified atom stereocenters. The Balaban J connectivity index is 1.89. The molecule has 2 aromatic carbocycles. The fourth-order valence-electron chi connectivity index (χ4n) is 2.20. The first-order chi connectivity index (χ1) is 12.2. The molecule has 0 radical (unpaired) electrons. The molecule has 1 atom stereocenters. The van der Waals surface area contributed by atoms with Crippen LogP contribution in [0.15, 0.2) is 53.4 Å². The number of sulfone groups is 1. The van der Waals surface area contributed by atoms with Crippen LogP contribution < -0.4 is 5.32 Å². The van der Waals surface area contributed by atoms with Crippen molar-refractivity contribution < 1.29 is 22.7 Å². The normalized spacial score (nSPS) is 12.3. The van der Waals surface area contributed by atoms with Crippen LogP contribution in [0.4, 0.5) is 0 Å². The molecule has 138 valence electrons. The molecule has 1 N–H and O–H groups in total. The number of esters is 1. The van der Waals surface area contributed by atoms with Crippen LogP contribution in [0.25, 0.3) is 0 Å². The summed E-state index contributed by atoms with van der Waals surface area (Å²) in [4.78, 5) is 24.0. The number of hydrogen-bond donors (Lipinski definition) is 1. The second-order valence-corrected chi connectivity index (χ2v) is 8.17. The van der Waals surface area contributed by atoms with E-state index in [4.69, 9.17) is 16.3 Å². The molecular weight excluding hydrogens is 378 g/mol. The zero-order valence-corrected chi connectivity index (χ0v) is 15.8. The molecule has 0 saturated carbocycles. The van der Waals surface area contributed by atoms with Crippen molar-refractivity contribution in [1.82, 2.24) is 5.32 Å². The molecule has 0 bridgehead atoms. The number of benzene rings is 2. The molecule has 1 amide bonds. The Labute approximate surface area is 157 Å². The van der Waals surface area contributed by atoms with E-state index in [1.54, 1.807) is 25.1 Å². The molecule has 0 heterocycles. The highest BCUT2D eigenvalue weighted by Crippen LogP contribution is 2.17. The van der Waals surface area contributed by atoms with E-state index in [-0.39, 0.29) is 16.5 Å². The van der Waals surface area contributed by atoms with Crippen LogP contribution in [0, 0.1) is 0 Å². The minimum atomic E-state index is -3.34. The number of carbonyl (C=O) groups excluding carboxylic acids is 2. The second-order valence-electron chi connectivity index (χ2n) is 5.72. The summed E-state index contributed by atoms with van der Waals surface area (Å²) in [6, 6.07) is 12.1. The molecule has 2 rings (SSSR count). The third kappa shape index (κ3) is 5.57. The monoisotopic (exact) mass is 395 g/mol. The van der Waals surface area contributed by atoms with Gasteiger partial charge in [0.05, 0.1) is 16.5 Å². The summed E-state index contributed by atoms with van der Waals surface area (Å²) < 4.78 is 27.7. The van der Waals surface area contributed by atoms with E-state index in [2.05, 4.69) is 5.32 Å². The lowest BCUT2D eigenvalue weighted by Gasteiger charge is -2.14. The maximum Gasteiger partial charge on any atom is 0.338 e. The van der Waals surface area contributed by atoms with Gasteiger partial charge >= 0.3 is 5.97 Å². The highest BCUT2D eigenvalue weighted by molar-refractivity contribution is 7.90. The smallest absolute Gasteiger partial charge is 0.338 e. The predicted molar refractivity (Wildman–Crippen MR) is 97.8 cm³/mol. The van der Waals surface area contributed by atoms with Crippen molar-refractivity contribution in [1.29, 1.82) is 0 Å². The van der Waals surface area contributed by atoms with Gasteiger partial charge < -0.3 is 10.1 Å². The highest BCUT2D eigenvalue weighted by atomic mass is 35.5. The summed E-state index contributed by atoms with van der Waals surface area (Å²) >= 11 is 5.92. The molecule has 8 heteroatoms. The molecule has 0 saturated heterocycles. The lowest BCUT2D eigenvalue weighted by Crippen LogP contribution is -2.31. The molecule has 0 spiro atoms. The summed E-state index contributed by atoms with van der Waals surface area (Å²) in [7, 11) is -3.34. The van der Waals surface area contributed by atoms with Gasteiger partial charge in [0.25, 0.3) is 5.91 Å². The Morgan fingerprint density at radius 2 is 1.81 bits per heavy atom. The minimum absolute atomic E-state index is 0.0992. The standard InChI is InChI=1S/C18H18ClNO5S/c1-12(14-4-3-5-15(19)10-14)20-17(21)11-25-18(22)13-6-8-16(9-7-13)26(2,23)24/h3-10,12H,11H2,1-2H3,(H,20,21). The van der Waals surface area contributed by atoms with Gasteiger partial charge in [-0.05, 0) is 48.9 Å². The van der Waals surface area contributed by atoms with E-state index in [9.17, 15) is 18.0 Å². The third-order valence-electron chi connectivity index (χ3n) is 3.58. The van der Waals surface area contributed by atoms with Crippen molar-refractivity contribution in [2.45, 2.75) is 17.9 Å². The Morgan fingerprint density at radius 1 is 1.15 bits per heavy atom. The van der Waals surface area contributed by atoms with Crippen molar-refractivity contribution in [2.24, 2.45) is 0 Å². The average Bonchev–Trinajstić information content (AvgIpc) is 2.59. The number of nitrogens with one attached hydrogen (secondary N) is 1. The van der Waals surface area contributed by atoms with Gasteiger partial charge in [0.1, 0.15) is 0 Å². The van der Waals surface area contributed by atoms with Gasteiger partial charge in [0, 0.05) is 11.3 Å². The van der Waals surface area contributed by atoms with Crippen molar-refractivity contribution in [2.75, 3.05) is 12.9 Å². The molecular formula is C18H18ClNO5S. The number of hydrogen-bond acceptors (Lipinski definition) is 5. The largest absolute Gasteiger partial charge is 0.452 e. The van der Waals surface area contributed by atoms with Crippen molar-refractivity contribution in [3.05, 3.63) is 64.7 Å². The topological polar surface area (TPSA) is 89.5 Å². The van der Waals surface area contributed by atoms with Crippen LogP contribution in [0.1, 0.15) is 28.9 Å². The Kier molecular flexibility index (Phi) is 6.39. The van der Waals surface area contributed by atoms with Gasteiger partial charge in [-0.1, -0.05) is 23.7 Å². The van der Waals surface area contributed by atoms with Gasteiger partial charge in [-0.15, -0.1) is 0 Å². The molecule has 0 aromatic heterocycles. The lowest BCUT2D eigenvalue weighted by atomic mass is 10.1. The SMILES string of the molecule is CC(NC(=O)COC(=O)c1ccc(S(C)(=O)=O)cc1)c1cccc(Cl)c1. The van der Waals surface area contributed by atoms with Crippen molar-refractivity contribution >= 4 is 33.3 Å². The zero-order chi connectivity index (χ0) is 19.3. The number of amides is 1. The van der Waals surface area contributed by atoms with E-state index in [1.807, 2.05) is 6.07 Å². The number of carbonyl (C=O) groups is 2. The third-order valence-corrected chi connectivity index (χ3v) is 4.94. The Morgan fingerprint density at radius 3 is 2.38 bits per heavy atom. The highest BCUT2D eigenvalue weighted by Gasteiger charge is 2.14. The summed E-state index contributed by atoms with van der Waals surface area (Å²) in [5.74, 6) is -1.17. The average molecular weight is 396 g/mol. The summed E-state index contributed by atoms with van der Waals surface area (Å²) in [5, 5.41) is 3.27. The van der Waals surface area contributed by atoms with E-state index in [0.29, 0.717) is 5.02 Å². The first-order valence-corrected chi connectivity index (χ1v) is 9.96. The summed E-state index contributed by atoms with van der Waals surface area (Å²) in [6.07, 6.45) is 1.08. The van der Waals surface area contributed by atoms with Crippen LogP contribution >= 0.6 is 11.6 Å². The fourth-order valence-corrected chi connectivity index (χ4v) is 3.02. The molecule has 0 aliphatic heterocycles. The van der Waals surface area contributed by atoms with Gasteiger partial charge in [0.2, 0.25) is 0 Å². The van der Waals surface area contributed by atoms with Crippen molar-refractivity contribution in [3.63, 3.8) is 0 Å². The fraction of sp³-hybridized carbons (Fsp3) is 0.222. The van der Waals surface area contributed by atoms with Crippen LogP contribution in [-0.2, 0) is 19.4 Å². The Bertz CT molecular complexity index is 909. The van der Waals surface area contributed by atoms with E-state index >= 15 is 0 Å². The van der Waals surface area contributed by atoms with Gasteiger partial charge in [-0.2, -0.15) is 0 Å². The predicted octanol–water partition coefficient (Wildman–Crippen LogP) is 2.78. The van der Waals surface area contributed by atoms with E-state index in [1.165, 1.54) is 24.3 Å². The molecule has 26 heavy (non-hydrogen) atoms. The van der Waals surface area contributed by atoms with Gasteiger partial charge in [-0.25, -0.2) is 13.2 Å². The minimum Gasteiger partial charge on any atom is -0.452 e. The molecule has 6 nitrogen and oxygen atoms in total. The first kappa shape index (κ1) is 19.9. The zero-order valence-electron chi connectivity index (χ0n) is 14.2. The maximum absolute atomic E-state index is 11.9. The number of ether oxygens (including phenoxy) is 1. The quantitative estimate of drug-likeness (QED) is 0.759. The lowest BCUT2D eigenvalue weighted by molar-refractivity contribution is -0.124. The van der Waals surface area contributed by atoms with Gasteiger partial charge in [0.15, 0.2) is 16.4 Å². The maximum atomic E-state index is 11.9. The van der Waals surface area contributed by atoms with Crippen LogP contribution in [0.3, 0.4) is 0 Å². The molecule has 0 aliphatic carbocycles. The summed E-state index contributed by atoms with van der Waals surface area (Å²) in [5.41, 5.74) is 0.988. The summed E-state index contributed by atoms with van der Waals surface area (Å²) in [6.45, 7) is 1.34.